The summed E-state index contributed by atoms with van der Waals surface area (Å²) in [6.45, 7) is 3.26. The number of alkyl halides is 6. The first-order valence-electron chi connectivity index (χ1n) is 17.6. The van der Waals surface area contributed by atoms with E-state index in [0.29, 0.717) is 33.4 Å². The largest absolute Gasteiger partial charge is 0.496 e. The number of hydrogen-bond donors (Lipinski definition) is 0. The summed E-state index contributed by atoms with van der Waals surface area (Å²) in [7, 11) is 1.64. The highest BCUT2D eigenvalue weighted by molar-refractivity contribution is 6.12. The van der Waals surface area contributed by atoms with Crippen molar-refractivity contribution in [3.63, 3.8) is 0 Å². The maximum atomic E-state index is 13.9. The summed E-state index contributed by atoms with van der Waals surface area (Å²) in [5.41, 5.74) is 7.57. The summed E-state index contributed by atoms with van der Waals surface area (Å²) in [5, 5.41) is 1.47. The van der Waals surface area contributed by atoms with Gasteiger partial charge in [-0.05, 0) is 119 Å². The molecule has 0 aliphatic carbocycles. The third-order valence-corrected chi connectivity index (χ3v) is 10.0. The summed E-state index contributed by atoms with van der Waals surface area (Å²) in [5.74, 6) is 0.721. The molecule has 0 atom stereocenters. The fraction of sp³-hybridized carbons (Fsp3) is 0.106. The Kier molecular flexibility index (Phi) is 8.79. The van der Waals surface area contributed by atoms with Gasteiger partial charge >= 0.3 is 12.4 Å². The molecule has 0 amide bonds. The standard InChI is InChI=1S/C47H33F6NO/c1-28-20-32(24-34(22-28)46(48,49)50)30-16-18-43-40(26-30)41-27-31(33-21-29(2)23-35(25-33)47(51,52)53)17-19-44(41)54(43)42-14-8-6-12-38(42)36-10-4-5-11-37(36)39-13-7-9-15-45(39)55-3/h4-27H,1-3H3. The minimum Gasteiger partial charge on any atom is -0.496 e. The number of aromatic nitrogens is 1. The zero-order valence-corrected chi connectivity index (χ0v) is 30.0. The molecule has 1 aromatic heterocycles. The quantitative estimate of drug-likeness (QED) is 0.155. The SMILES string of the molecule is COc1ccccc1-c1ccccc1-c1ccccc1-n1c2ccc(-c3cc(C)cc(C(F)(F)F)c3)cc2c2cc(-c3cc(C)cc(C(F)(F)F)c3)ccc21. The van der Waals surface area contributed by atoms with Crippen molar-refractivity contribution < 1.29 is 31.1 Å². The Morgan fingerprint density at radius 2 is 0.873 bits per heavy atom. The number of ether oxygens (including phenoxy) is 1. The van der Waals surface area contributed by atoms with Crippen molar-refractivity contribution in [3.8, 4) is 55.9 Å². The monoisotopic (exact) mass is 741 g/mol. The van der Waals surface area contributed by atoms with E-state index < -0.39 is 23.5 Å². The third-order valence-electron chi connectivity index (χ3n) is 10.0. The average Bonchev–Trinajstić information content (AvgIpc) is 3.49. The van der Waals surface area contributed by atoms with Crippen LogP contribution in [0.15, 0.2) is 146 Å². The topological polar surface area (TPSA) is 14.2 Å². The molecule has 2 nitrogen and oxygen atoms in total. The van der Waals surface area contributed by atoms with Gasteiger partial charge in [0.2, 0.25) is 0 Å². The molecule has 0 saturated carbocycles. The molecule has 55 heavy (non-hydrogen) atoms. The van der Waals surface area contributed by atoms with Gasteiger partial charge in [0.25, 0.3) is 0 Å². The van der Waals surface area contributed by atoms with Gasteiger partial charge in [-0.3, -0.25) is 0 Å². The molecule has 0 aliphatic rings. The van der Waals surface area contributed by atoms with Crippen LogP contribution in [0.5, 0.6) is 5.75 Å². The molecule has 0 spiro atoms. The molecule has 0 bridgehead atoms. The number of rotatable bonds is 6. The van der Waals surface area contributed by atoms with E-state index >= 15 is 0 Å². The van der Waals surface area contributed by atoms with Crippen molar-refractivity contribution in [1.29, 1.82) is 0 Å². The van der Waals surface area contributed by atoms with Gasteiger partial charge < -0.3 is 9.30 Å². The van der Waals surface area contributed by atoms with Crippen molar-refractivity contribution >= 4 is 21.8 Å². The lowest BCUT2D eigenvalue weighted by atomic mass is 9.93. The Balaban J connectivity index is 1.41. The molecule has 1 heterocycles. The first kappa shape index (κ1) is 35.7. The van der Waals surface area contributed by atoms with Crippen LogP contribution in [0.3, 0.4) is 0 Å². The third kappa shape index (κ3) is 6.62. The van der Waals surface area contributed by atoms with Crippen molar-refractivity contribution in [1.82, 2.24) is 4.57 Å². The molecule has 0 fully saturated rings. The summed E-state index contributed by atoms with van der Waals surface area (Å²) < 4.78 is 91.4. The molecule has 7 aromatic carbocycles. The smallest absolute Gasteiger partial charge is 0.416 e. The molecule has 8 rings (SSSR count). The minimum atomic E-state index is -4.53. The number of halogens is 6. The maximum absolute atomic E-state index is 13.9. The van der Waals surface area contributed by atoms with E-state index in [2.05, 4.69) is 10.6 Å². The van der Waals surface area contributed by atoms with Crippen LogP contribution in [-0.4, -0.2) is 11.7 Å². The summed E-state index contributed by atoms with van der Waals surface area (Å²) in [6, 6.07) is 43.0. The van der Waals surface area contributed by atoms with Gasteiger partial charge in [0.1, 0.15) is 5.75 Å². The van der Waals surface area contributed by atoms with Crippen LogP contribution in [-0.2, 0) is 12.4 Å². The lowest BCUT2D eigenvalue weighted by Gasteiger charge is -2.18. The minimum absolute atomic E-state index is 0.408. The number of methoxy groups -OCH3 is 1. The Bertz CT molecular complexity index is 2630. The normalized spacial score (nSPS) is 12.1. The van der Waals surface area contributed by atoms with Gasteiger partial charge in [-0.15, -0.1) is 0 Å². The first-order chi connectivity index (χ1) is 26.3. The predicted octanol–water partition coefficient (Wildman–Crippen LogP) is 14.1. The Hall–Kier alpha value is -6.28. The molecular weight excluding hydrogens is 709 g/mol. The van der Waals surface area contributed by atoms with Gasteiger partial charge in [0, 0.05) is 21.9 Å². The predicted molar refractivity (Wildman–Crippen MR) is 209 cm³/mol. The van der Waals surface area contributed by atoms with E-state index in [4.69, 9.17) is 4.74 Å². The zero-order valence-electron chi connectivity index (χ0n) is 30.0. The lowest BCUT2D eigenvalue weighted by Crippen LogP contribution is -2.05. The number of nitrogens with zero attached hydrogens (tertiary/aromatic N) is 1. The Morgan fingerprint density at radius 3 is 1.36 bits per heavy atom. The number of benzene rings is 7. The highest BCUT2D eigenvalue weighted by Gasteiger charge is 2.32. The average molecular weight is 742 g/mol. The first-order valence-corrected chi connectivity index (χ1v) is 17.6. The van der Waals surface area contributed by atoms with Crippen LogP contribution in [0.2, 0.25) is 0 Å². The molecule has 8 aromatic rings. The highest BCUT2D eigenvalue weighted by Crippen LogP contribution is 2.44. The molecule has 0 saturated heterocycles. The van der Waals surface area contributed by atoms with Crippen LogP contribution in [0.25, 0.3) is 72.0 Å². The van der Waals surface area contributed by atoms with Crippen molar-refractivity contribution in [2.24, 2.45) is 0 Å². The molecule has 8 heteroatoms. The lowest BCUT2D eigenvalue weighted by molar-refractivity contribution is -0.138. The van der Waals surface area contributed by atoms with E-state index in [1.165, 1.54) is 0 Å². The second-order valence-corrected chi connectivity index (χ2v) is 13.7. The van der Waals surface area contributed by atoms with Crippen molar-refractivity contribution in [2.45, 2.75) is 26.2 Å². The number of para-hydroxylation sites is 2. The Labute approximate surface area is 313 Å². The van der Waals surface area contributed by atoms with Crippen LogP contribution < -0.4 is 4.74 Å². The van der Waals surface area contributed by atoms with E-state index in [-0.39, 0.29) is 0 Å². The van der Waals surface area contributed by atoms with Crippen LogP contribution in [0.1, 0.15) is 22.3 Å². The number of fused-ring (bicyclic) bond motifs is 3. The summed E-state index contributed by atoms with van der Waals surface area (Å²) in [4.78, 5) is 0. The van der Waals surface area contributed by atoms with Gasteiger partial charge in [0.15, 0.2) is 0 Å². The number of hydrogen-bond acceptors (Lipinski definition) is 1. The molecule has 0 unspecified atom stereocenters. The van der Waals surface area contributed by atoms with E-state index in [1.54, 1.807) is 33.1 Å². The maximum Gasteiger partial charge on any atom is 0.416 e. The molecule has 0 radical (unpaired) electrons. The molecular formula is C47H33F6NO. The summed E-state index contributed by atoms with van der Waals surface area (Å²) in [6.07, 6.45) is -9.05. The van der Waals surface area contributed by atoms with Crippen LogP contribution in [0, 0.1) is 13.8 Å². The second kappa shape index (κ2) is 13.5. The van der Waals surface area contributed by atoms with Gasteiger partial charge in [-0.1, -0.05) is 84.9 Å². The number of aryl methyl sites for hydroxylation is 2. The zero-order chi connectivity index (χ0) is 38.6. The Morgan fingerprint density at radius 1 is 0.436 bits per heavy atom. The van der Waals surface area contributed by atoms with Gasteiger partial charge in [-0.2, -0.15) is 26.3 Å². The highest BCUT2D eigenvalue weighted by atomic mass is 19.4. The van der Waals surface area contributed by atoms with Crippen LogP contribution >= 0.6 is 0 Å². The van der Waals surface area contributed by atoms with Gasteiger partial charge in [0.05, 0.1) is 35.0 Å². The van der Waals surface area contributed by atoms with Crippen LogP contribution in [0.4, 0.5) is 26.3 Å². The van der Waals surface area contributed by atoms with Crippen molar-refractivity contribution in [2.75, 3.05) is 7.11 Å². The van der Waals surface area contributed by atoms with Crippen molar-refractivity contribution in [3.05, 3.63) is 168 Å². The van der Waals surface area contributed by atoms with E-state index in [1.807, 2.05) is 103 Å². The second-order valence-electron chi connectivity index (χ2n) is 13.7. The van der Waals surface area contributed by atoms with Gasteiger partial charge in [-0.25, -0.2) is 0 Å². The van der Waals surface area contributed by atoms with E-state index in [9.17, 15) is 26.3 Å². The van der Waals surface area contributed by atoms with E-state index in [0.717, 1.165) is 79.8 Å². The summed E-state index contributed by atoms with van der Waals surface area (Å²) >= 11 is 0. The molecule has 0 N–H and O–H groups in total. The fourth-order valence-electron chi connectivity index (χ4n) is 7.59. The molecule has 274 valence electrons. The fourth-order valence-corrected chi connectivity index (χ4v) is 7.59. The molecule has 0 aliphatic heterocycles.